The summed E-state index contributed by atoms with van der Waals surface area (Å²) < 4.78 is 4.82. The molecule has 0 heterocycles. The van der Waals surface area contributed by atoms with E-state index in [-0.39, 0.29) is 6.61 Å². The van der Waals surface area contributed by atoms with Crippen molar-refractivity contribution in [3.8, 4) is 0 Å². The number of carboxylic acids is 1. The van der Waals surface area contributed by atoms with Crippen LogP contribution in [0.3, 0.4) is 0 Å². The fourth-order valence-corrected chi connectivity index (χ4v) is 1.13. The van der Waals surface area contributed by atoms with Gasteiger partial charge in [0.05, 0.1) is 0 Å². The van der Waals surface area contributed by atoms with E-state index in [0.717, 1.165) is 0 Å². The van der Waals surface area contributed by atoms with E-state index in [0.29, 0.717) is 10.7 Å². The molecule has 1 aromatic rings. The molecule has 2 N–H and O–H groups in total. The first-order valence-electron chi connectivity index (χ1n) is 4.89. The molecule has 0 aliphatic heterocycles. The fourth-order valence-electron chi connectivity index (χ4n) is 1.00. The van der Waals surface area contributed by atoms with E-state index in [1.165, 1.54) is 6.92 Å². The number of carbonyl (C=O) groups is 2. The van der Waals surface area contributed by atoms with Gasteiger partial charge < -0.3 is 15.2 Å². The highest BCUT2D eigenvalue weighted by Crippen LogP contribution is 2.13. The van der Waals surface area contributed by atoms with Crippen LogP contribution in [-0.2, 0) is 14.3 Å². The van der Waals surface area contributed by atoms with Crippen LogP contribution >= 0.6 is 11.6 Å². The highest BCUT2D eigenvalue weighted by atomic mass is 35.5. The van der Waals surface area contributed by atoms with Crippen LogP contribution in [0, 0.1) is 0 Å². The zero-order chi connectivity index (χ0) is 12.8. The largest absolute Gasteiger partial charge is 0.479 e. The zero-order valence-corrected chi connectivity index (χ0v) is 9.90. The van der Waals surface area contributed by atoms with E-state index < -0.39 is 18.0 Å². The molecule has 1 rings (SSSR count). The molecule has 6 heteroatoms. The average Bonchev–Trinajstić information content (AvgIpc) is 2.29. The van der Waals surface area contributed by atoms with Crippen LogP contribution in [0.1, 0.15) is 6.92 Å². The van der Waals surface area contributed by atoms with E-state index in [4.69, 9.17) is 21.4 Å². The maximum Gasteiger partial charge on any atom is 0.332 e. The molecule has 0 radical (unpaired) electrons. The fraction of sp³-hybridized carbons (Fsp3) is 0.273. The summed E-state index contributed by atoms with van der Waals surface area (Å²) in [4.78, 5) is 21.8. The highest BCUT2D eigenvalue weighted by molar-refractivity contribution is 6.30. The summed E-state index contributed by atoms with van der Waals surface area (Å²) in [5, 5.41) is 11.7. The van der Waals surface area contributed by atoms with E-state index in [9.17, 15) is 9.59 Å². The third kappa shape index (κ3) is 4.84. The molecular formula is C11H12ClNO4. The van der Waals surface area contributed by atoms with Gasteiger partial charge in [-0.2, -0.15) is 0 Å². The first-order valence-corrected chi connectivity index (χ1v) is 5.26. The van der Waals surface area contributed by atoms with Crippen LogP contribution < -0.4 is 5.32 Å². The molecule has 0 aliphatic carbocycles. The predicted octanol–water partition coefficient (Wildman–Crippen LogP) is 1.77. The van der Waals surface area contributed by atoms with Gasteiger partial charge in [-0.05, 0) is 31.2 Å². The molecule has 17 heavy (non-hydrogen) atoms. The molecule has 0 spiro atoms. The van der Waals surface area contributed by atoms with Gasteiger partial charge in [-0.15, -0.1) is 0 Å². The van der Waals surface area contributed by atoms with Gasteiger partial charge in [0.15, 0.2) is 6.10 Å². The SMILES string of the molecule is C[C@@H](OCC(=O)Nc1ccc(Cl)cc1)C(=O)O. The van der Waals surface area contributed by atoms with Gasteiger partial charge in [0.25, 0.3) is 0 Å². The van der Waals surface area contributed by atoms with Crippen molar-refractivity contribution in [1.82, 2.24) is 0 Å². The summed E-state index contributed by atoms with van der Waals surface area (Å²) in [5.41, 5.74) is 0.575. The number of carboxylic acid groups (broad SMARTS) is 1. The Morgan fingerprint density at radius 1 is 1.41 bits per heavy atom. The second kappa shape index (κ2) is 6.22. The van der Waals surface area contributed by atoms with Crippen molar-refractivity contribution < 1.29 is 19.4 Å². The van der Waals surface area contributed by atoms with Gasteiger partial charge in [-0.1, -0.05) is 11.6 Å². The Bertz CT molecular complexity index is 404. The van der Waals surface area contributed by atoms with E-state index >= 15 is 0 Å². The number of anilines is 1. The monoisotopic (exact) mass is 257 g/mol. The van der Waals surface area contributed by atoms with Gasteiger partial charge >= 0.3 is 5.97 Å². The Morgan fingerprint density at radius 3 is 2.53 bits per heavy atom. The van der Waals surface area contributed by atoms with Crippen LogP contribution in [0.15, 0.2) is 24.3 Å². The van der Waals surface area contributed by atoms with E-state index in [1.54, 1.807) is 24.3 Å². The standard InChI is InChI=1S/C11H12ClNO4/c1-7(11(15)16)17-6-10(14)13-9-4-2-8(12)3-5-9/h2-5,7H,6H2,1H3,(H,13,14)(H,15,16)/t7-/m1/s1. The highest BCUT2D eigenvalue weighted by Gasteiger charge is 2.13. The lowest BCUT2D eigenvalue weighted by Gasteiger charge is -2.08. The average molecular weight is 258 g/mol. The Balaban J connectivity index is 2.39. The topological polar surface area (TPSA) is 75.6 Å². The molecule has 0 saturated carbocycles. The molecule has 0 saturated heterocycles. The molecule has 0 bridgehead atoms. The first kappa shape index (κ1) is 13.5. The smallest absolute Gasteiger partial charge is 0.332 e. The molecule has 1 amide bonds. The number of amides is 1. The number of nitrogens with one attached hydrogen (secondary N) is 1. The summed E-state index contributed by atoms with van der Waals surface area (Å²) in [7, 11) is 0. The van der Waals surface area contributed by atoms with Crippen LogP contribution in [0.2, 0.25) is 5.02 Å². The lowest BCUT2D eigenvalue weighted by atomic mass is 10.3. The van der Waals surface area contributed by atoms with Gasteiger partial charge in [-0.3, -0.25) is 4.79 Å². The molecular weight excluding hydrogens is 246 g/mol. The third-order valence-corrected chi connectivity index (χ3v) is 2.19. The first-order chi connectivity index (χ1) is 7.99. The van der Waals surface area contributed by atoms with Crippen LogP contribution in [0.4, 0.5) is 5.69 Å². The molecule has 92 valence electrons. The van der Waals surface area contributed by atoms with E-state index in [2.05, 4.69) is 5.32 Å². The van der Waals surface area contributed by atoms with Crippen molar-refractivity contribution >= 4 is 29.2 Å². The number of benzene rings is 1. The third-order valence-electron chi connectivity index (χ3n) is 1.94. The van der Waals surface area contributed by atoms with Crippen LogP contribution in [-0.4, -0.2) is 29.7 Å². The van der Waals surface area contributed by atoms with Crippen molar-refractivity contribution in [2.45, 2.75) is 13.0 Å². The minimum Gasteiger partial charge on any atom is -0.479 e. The lowest BCUT2D eigenvalue weighted by Crippen LogP contribution is -2.26. The lowest BCUT2D eigenvalue weighted by molar-refractivity contribution is -0.150. The van der Waals surface area contributed by atoms with Gasteiger partial charge in [0.2, 0.25) is 5.91 Å². The molecule has 0 aromatic heterocycles. The van der Waals surface area contributed by atoms with Crippen molar-refractivity contribution in [3.63, 3.8) is 0 Å². The summed E-state index contributed by atoms with van der Waals surface area (Å²) in [6.45, 7) is 1.05. The maximum atomic E-state index is 11.4. The van der Waals surface area contributed by atoms with Gasteiger partial charge in [-0.25, -0.2) is 4.79 Å². The summed E-state index contributed by atoms with van der Waals surface area (Å²) in [6, 6.07) is 6.55. The van der Waals surface area contributed by atoms with Crippen molar-refractivity contribution in [2.24, 2.45) is 0 Å². The number of hydrogen-bond donors (Lipinski definition) is 2. The van der Waals surface area contributed by atoms with Crippen LogP contribution in [0.5, 0.6) is 0 Å². The summed E-state index contributed by atoms with van der Waals surface area (Å²) >= 11 is 5.68. The maximum absolute atomic E-state index is 11.4. The van der Waals surface area contributed by atoms with Gasteiger partial charge in [0, 0.05) is 10.7 Å². The quantitative estimate of drug-likeness (QED) is 0.843. The molecule has 0 aliphatic rings. The second-order valence-electron chi connectivity index (χ2n) is 3.35. The predicted molar refractivity (Wildman–Crippen MR) is 63.1 cm³/mol. The van der Waals surface area contributed by atoms with Crippen molar-refractivity contribution in [3.05, 3.63) is 29.3 Å². The zero-order valence-electron chi connectivity index (χ0n) is 9.14. The Morgan fingerprint density at radius 2 is 2.00 bits per heavy atom. The summed E-state index contributed by atoms with van der Waals surface area (Å²) in [6.07, 6.45) is -1.01. The Labute approximate surface area is 103 Å². The number of carbonyl (C=O) groups excluding carboxylic acids is 1. The number of hydrogen-bond acceptors (Lipinski definition) is 3. The van der Waals surface area contributed by atoms with Gasteiger partial charge in [0.1, 0.15) is 6.61 Å². The van der Waals surface area contributed by atoms with Crippen molar-refractivity contribution in [2.75, 3.05) is 11.9 Å². The van der Waals surface area contributed by atoms with Crippen LogP contribution in [0.25, 0.3) is 0 Å². The van der Waals surface area contributed by atoms with Crippen molar-refractivity contribution in [1.29, 1.82) is 0 Å². The minimum absolute atomic E-state index is 0.309. The number of halogens is 1. The van der Waals surface area contributed by atoms with E-state index in [1.807, 2.05) is 0 Å². The molecule has 1 atom stereocenters. The minimum atomic E-state index is -1.11. The molecule has 0 unspecified atom stereocenters. The number of rotatable bonds is 5. The number of aliphatic carboxylic acids is 1. The normalized spacial score (nSPS) is 11.9. The molecule has 0 fully saturated rings. The molecule has 1 aromatic carbocycles. The Kier molecular flexibility index (Phi) is 4.93. The second-order valence-corrected chi connectivity index (χ2v) is 3.78. The molecule has 5 nitrogen and oxygen atoms in total. The number of ether oxygens (including phenoxy) is 1. The summed E-state index contributed by atoms with van der Waals surface area (Å²) in [5.74, 6) is -1.52. The Hall–Kier alpha value is -1.59.